The van der Waals surface area contributed by atoms with Crippen molar-refractivity contribution >= 4 is 34.3 Å². The third-order valence-corrected chi connectivity index (χ3v) is 2.55. The van der Waals surface area contributed by atoms with Crippen LogP contribution in [0.15, 0.2) is 22.7 Å². The number of hydrogen-bond acceptors (Lipinski definition) is 3. The molecule has 1 rings (SSSR count). The van der Waals surface area contributed by atoms with Crippen LogP contribution in [0.2, 0.25) is 0 Å². The average Bonchev–Trinajstić information content (AvgIpc) is 2.22. The lowest BCUT2D eigenvalue weighted by Crippen LogP contribution is -2.33. The van der Waals surface area contributed by atoms with Crippen LogP contribution in [0, 0.1) is 5.82 Å². The molecule has 0 amide bonds. The highest BCUT2D eigenvalue weighted by Gasteiger charge is 2.14. The summed E-state index contributed by atoms with van der Waals surface area (Å²) in [5.41, 5.74) is 6.34. The maximum absolute atomic E-state index is 12.9. The lowest BCUT2D eigenvalue weighted by atomic mass is 10.1. The molecular formula is C10H12BrClFNO2. The van der Waals surface area contributed by atoms with Crippen molar-refractivity contribution < 1.29 is 13.9 Å². The first kappa shape index (κ1) is 15.3. The van der Waals surface area contributed by atoms with Crippen LogP contribution in [0.5, 0.6) is 0 Å². The fourth-order valence-electron chi connectivity index (χ4n) is 1.16. The zero-order chi connectivity index (χ0) is 11.4. The topological polar surface area (TPSA) is 52.3 Å². The lowest BCUT2D eigenvalue weighted by molar-refractivity contribution is -0.142. The Bertz CT molecular complexity index is 376. The summed E-state index contributed by atoms with van der Waals surface area (Å²) in [6, 6.07) is 3.79. The maximum Gasteiger partial charge on any atom is 0.322 e. The van der Waals surface area contributed by atoms with Gasteiger partial charge in [-0.3, -0.25) is 4.79 Å². The van der Waals surface area contributed by atoms with Crippen LogP contribution in [0.3, 0.4) is 0 Å². The Labute approximate surface area is 108 Å². The van der Waals surface area contributed by atoms with Crippen molar-refractivity contribution in [2.75, 3.05) is 7.11 Å². The third-order valence-electron chi connectivity index (χ3n) is 1.94. The minimum atomic E-state index is -0.715. The number of ether oxygens (including phenoxy) is 1. The summed E-state index contributed by atoms with van der Waals surface area (Å²) in [4.78, 5) is 11.0. The standard InChI is InChI=1S/C10H11BrFNO2.ClH/c1-15-10(14)9(13)5-6-2-3-8(12)7(11)4-6;/h2-4,9H,5,13H2,1H3;1H/t9-;/m0./s1. The first-order chi connectivity index (χ1) is 7.04. The molecule has 0 heterocycles. The molecule has 2 N–H and O–H groups in total. The van der Waals surface area contributed by atoms with Gasteiger partial charge in [-0.2, -0.15) is 0 Å². The summed E-state index contributed by atoms with van der Waals surface area (Å²) in [7, 11) is 1.28. The second-order valence-corrected chi connectivity index (χ2v) is 3.94. The van der Waals surface area contributed by atoms with Crippen molar-refractivity contribution in [3.05, 3.63) is 34.1 Å². The SMILES string of the molecule is COC(=O)[C@@H](N)Cc1ccc(F)c(Br)c1.Cl. The van der Waals surface area contributed by atoms with E-state index in [0.717, 1.165) is 5.56 Å². The number of nitrogens with two attached hydrogens (primary N) is 1. The van der Waals surface area contributed by atoms with Crippen LogP contribution < -0.4 is 5.73 Å². The number of carbonyl (C=O) groups excluding carboxylic acids is 1. The second-order valence-electron chi connectivity index (χ2n) is 3.08. The van der Waals surface area contributed by atoms with Crippen LogP contribution >= 0.6 is 28.3 Å². The second kappa shape index (κ2) is 6.83. The molecule has 1 aromatic rings. The number of hydrogen-bond donors (Lipinski definition) is 1. The monoisotopic (exact) mass is 311 g/mol. The highest BCUT2D eigenvalue weighted by Crippen LogP contribution is 2.17. The minimum Gasteiger partial charge on any atom is -0.468 e. The zero-order valence-corrected chi connectivity index (χ0v) is 11.0. The fraction of sp³-hybridized carbons (Fsp3) is 0.300. The Morgan fingerprint density at radius 3 is 2.75 bits per heavy atom. The van der Waals surface area contributed by atoms with Crippen molar-refractivity contribution in [1.29, 1.82) is 0 Å². The predicted octanol–water partition coefficient (Wildman–Crippen LogP) is 2.05. The summed E-state index contributed by atoms with van der Waals surface area (Å²) < 4.78 is 17.7. The summed E-state index contributed by atoms with van der Waals surface area (Å²) >= 11 is 3.06. The normalized spacial score (nSPS) is 11.5. The maximum atomic E-state index is 12.9. The van der Waals surface area contributed by atoms with Gasteiger partial charge < -0.3 is 10.5 Å². The molecular weight excluding hydrogens is 300 g/mol. The fourth-order valence-corrected chi connectivity index (χ4v) is 1.58. The highest BCUT2D eigenvalue weighted by atomic mass is 79.9. The van der Waals surface area contributed by atoms with E-state index in [4.69, 9.17) is 5.73 Å². The lowest BCUT2D eigenvalue weighted by Gasteiger charge is -2.09. The number of esters is 1. The van der Waals surface area contributed by atoms with Gasteiger partial charge in [0.1, 0.15) is 11.9 Å². The van der Waals surface area contributed by atoms with Crippen molar-refractivity contribution in [2.24, 2.45) is 5.73 Å². The number of benzene rings is 1. The van der Waals surface area contributed by atoms with Crippen LogP contribution in [-0.2, 0) is 16.0 Å². The van der Waals surface area contributed by atoms with Gasteiger partial charge in [0.05, 0.1) is 11.6 Å². The molecule has 1 aromatic carbocycles. The molecule has 0 aliphatic heterocycles. The minimum absolute atomic E-state index is 0. The summed E-state index contributed by atoms with van der Waals surface area (Å²) in [5.74, 6) is -0.819. The van der Waals surface area contributed by atoms with Crippen LogP contribution in [0.25, 0.3) is 0 Å². The molecule has 0 fully saturated rings. The number of halogens is 3. The number of carbonyl (C=O) groups is 1. The van der Waals surface area contributed by atoms with E-state index < -0.39 is 12.0 Å². The van der Waals surface area contributed by atoms with Gasteiger partial charge >= 0.3 is 5.97 Å². The molecule has 6 heteroatoms. The molecule has 0 bridgehead atoms. The molecule has 0 aromatic heterocycles. The molecule has 90 valence electrons. The van der Waals surface area contributed by atoms with Gasteiger partial charge in [-0.15, -0.1) is 12.4 Å². The van der Waals surface area contributed by atoms with Crippen molar-refractivity contribution in [3.63, 3.8) is 0 Å². The van der Waals surface area contributed by atoms with E-state index in [9.17, 15) is 9.18 Å². The predicted molar refractivity (Wildman–Crippen MR) is 65.0 cm³/mol. The van der Waals surface area contributed by atoms with E-state index in [0.29, 0.717) is 10.9 Å². The molecule has 16 heavy (non-hydrogen) atoms. The Hall–Kier alpha value is -0.650. The molecule has 0 saturated carbocycles. The van der Waals surface area contributed by atoms with E-state index in [1.165, 1.54) is 13.2 Å². The van der Waals surface area contributed by atoms with Crippen LogP contribution in [0.1, 0.15) is 5.56 Å². The Kier molecular flexibility index (Phi) is 6.55. The summed E-state index contributed by atoms with van der Waals surface area (Å²) in [5, 5.41) is 0. The molecule has 0 spiro atoms. The van der Waals surface area contributed by atoms with Gasteiger partial charge in [0.25, 0.3) is 0 Å². The summed E-state index contributed by atoms with van der Waals surface area (Å²) in [6.07, 6.45) is 0.325. The van der Waals surface area contributed by atoms with E-state index in [1.807, 2.05) is 0 Å². The van der Waals surface area contributed by atoms with Crippen LogP contribution in [-0.4, -0.2) is 19.1 Å². The Morgan fingerprint density at radius 1 is 1.62 bits per heavy atom. The molecule has 0 aliphatic carbocycles. The van der Waals surface area contributed by atoms with E-state index in [-0.39, 0.29) is 18.2 Å². The first-order valence-corrected chi connectivity index (χ1v) is 5.11. The Morgan fingerprint density at radius 2 is 2.25 bits per heavy atom. The van der Waals surface area contributed by atoms with E-state index in [1.54, 1.807) is 12.1 Å². The van der Waals surface area contributed by atoms with Crippen molar-refractivity contribution in [1.82, 2.24) is 0 Å². The largest absolute Gasteiger partial charge is 0.468 e. The van der Waals surface area contributed by atoms with Crippen molar-refractivity contribution in [3.8, 4) is 0 Å². The molecule has 0 radical (unpaired) electrons. The van der Waals surface area contributed by atoms with E-state index >= 15 is 0 Å². The molecule has 0 aliphatic rings. The van der Waals surface area contributed by atoms with Crippen molar-refractivity contribution in [2.45, 2.75) is 12.5 Å². The van der Waals surface area contributed by atoms with Crippen LogP contribution in [0.4, 0.5) is 4.39 Å². The van der Waals surface area contributed by atoms with Gasteiger partial charge in [0, 0.05) is 0 Å². The third kappa shape index (κ3) is 4.08. The average molecular weight is 313 g/mol. The smallest absolute Gasteiger partial charge is 0.322 e. The Balaban J connectivity index is 0.00000225. The van der Waals surface area contributed by atoms with E-state index in [2.05, 4.69) is 20.7 Å². The van der Waals surface area contributed by atoms with Gasteiger partial charge in [-0.1, -0.05) is 6.07 Å². The van der Waals surface area contributed by atoms with Gasteiger partial charge in [-0.05, 0) is 40.0 Å². The molecule has 0 saturated heterocycles. The zero-order valence-electron chi connectivity index (χ0n) is 8.57. The summed E-state index contributed by atoms with van der Waals surface area (Å²) in [6.45, 7) is 0. The quantitative estimate of drug-likeness (QED) is 0.869. The molecule has 1 atom stereocenters. The highest BCUT2D eigenvalue weighted by molar-refractivity contribution is 9.10. The van der Waals surface area contributed by atoms with Gasteiger partial charge in [0.2, 0.25) is 0 Å². The first-order valence-electron chi connectivity index (χ1n) is 4.32. The number of rotatable bonds is 3. The molecule has 0 unspecified atom stereocenters. The number of methoxy groups -OCH3 is 1. The van der Waals surface area contributed by atoms with Gasteiger partial charge in [-0.25, -0.2) is 4.39 Å². The van der Waals surface area contributed by atoms with Gasteiger partial charge in [0.15, 0.2) is 0 Å². The molecule has 3 nitrogen and oxygen atoms in total.